The minimum Gasteiger partial charge on any atom is -0.439 e. The number of halogens is 1. The maximum Gasteiger partial charge on any atom is 0.262 e. The molecular formula is C25H25FN4O2. The summed E-state index contributed by atoms with van der Waals surface area (Å²) in [4.78, 5) is 16.7. The largest absolute Gasteiger partial charge is 0.439 e. The van der Waals surface area contributed by atoms with Crippen molar-refractivity contribution in [3.8, 4) is 17.7 Å². The Labute approximate surface area is 187 Å². The first kappa shape index (κ1) is 22.8. The Balaban J connectivity index is 1.68. The SMILES string of the molecule is CCCn1c(C)cc(/C=C(/C#N)C(=O)NCc2ccnc(Oc3ccc(F)cc3)c2)c1C. The number of benzene rings is 1. The molecule has 0 radical (unpaired) electrons. The van der Waals surface area contributed by atoms with Gasteiger partial charge < -0.3 is 14.6 Å². The molecule has 1 amide bonds. The normalized spacial score (nSPS) is 11.2. The number of carbonyl (C=O) groups is 1. The minimum absolute atomic E-state index is 0.0404. The average molecular weight is 432 g/mol. The topological polar surface area (TPSA) is 79.9 Å². The van der Waals surface area contributed by atoms with Crippen LogP contribution in [0.3, 0.4) is 0 Å². The maximum atomic E-state index is 13.0. The summed E-state index contributed by atoms with van der Waals surface area (Å²) in [6.07, 6.45) is 4.19. The smallest absolute Gasteiger partial charge is 0.262 e. The van der Waals surface area contributed by atoms with Crippen molar-refractivity contribution in [1.82, 2.24) is 14.9 Å². The fourth-order valence-corrected chi connectivity index (χ4v) is 3.36. The number of hydrogen-bond donors (Lipinski definition) is 1. The van der Waals surface area contributed by atoms with Gasteiger partial charge in [-0.15, -0.1) is 0 Å². The molecule has 0 saturated heterocycles. The Morgan fingerprint density at radius 2 is 2.00 bits per heavy atom. The van der Waals surface area contributed by atoms with Gasteiger partial charge in [-0.1, -0.05) is 6.92 Å². The standard InChI is InChI=1S/C25H25FN4O2/c1-4-11-30-17(2)12-20(18(30)3)14-21(15-27)25(31)29-16-19-9-10-28-24(13-19)32-23-7-5-22(26)6-8-23/h5-10,12-14H,4,11,16H2,1-3H3,(H,29,31)/b21-14-. The molecule has 164 valence electrons. The molecule has 2 heterocycles. The molecule has 6 nitrogen and oxygen atoms in total. The van der Waals surface area contributed by atoms with Gasteiger partial charge in [-0.05, 0) is 73.9 Å². The zero-order valence-corrected chi connectivity index (χ0v) is 18.4. The van der Waals surface area contributed by atoms with Crippen LogP contribution in [-0.4, -0.2) is 15.5 Å². The second-order valence-corrected chi connectivity index (χ2v) is 7.39. The predicted molar refractivity (Wildman–Crippen MR) is 120 cm³/mol. The summed E-state index contributed by atoms with van der Waals surface area (Å²) in [5.74, 6) is -0.0285. The van der Waals surface area contributed by atoms with Crippen molar-refractivity contribution in [1.29, 1.82) is 5.26 Å². The molecule has 0 unspecified atom stereocenters. The monoisotopic (exact) mass is 432 g/mol. The first-order chi connectivity index (χ1) is 15.4. The van der Waals surface area contributed by atoms with Gasteiger partial charge in [0.2, 0.25) is 5.88 Å². The van der Waals surface area contributed by atoms with Gasteiger partial charge in [0.1, 0.15) is 23.2 Å². The number of carbonyl (C=O) groups excluding carboxylic acids is 1. The summed E-state index contributed by atoms with van der Waals surface area (Å²) in [5, 5.41) is 12.3. The molecule has 3 rings (SSSR count). The van der Waals surface area contributed by atoms with Gasteiger partial charge in [0, 0.05) is 36.7 Å². The lowest BCUT2D eigenvalue weighted by Gasteiger charge is -2.08. The van der Waals surface area contributed by atoms with Gasteiger partial charge in [-0.25, -0.2) is 9.37 Å². The number of amides is 1. The highest BCUT2D eigenvalue weighted by atomic mass is 19.1. The molecule has 0 aliphatic heterocycles. The molecule has 1 N–H and O–H groups in total. The van der Waals surface area contributed by atoms with Crippen LogP contribution >= 0.6 is 0 Å². The highest BCUT2D eigenvalue weighted by Crippen LogP contribution is 2.21. The zero-order chi connectivity index (χ0) is 23.1. The number of nitrogens with one attached hydrogen (secondary N) is 1. The van der Waals surface area contributed by atoms with Crippen LogP contribution in [0.25, 0.3) is 6.08 Å². The van der Waals surface area contributed by atoms with Crippen molar-refractivity contribution >= 4 is 12.0 Å². The highest BCUT2D eigenvalue weighted by molar-refractivity contribution is 6.01. The Hall–Kier alpha value is -3.92. The quantitative estimate of drug-likeness (QED) is 0.398. The molecule has 0 aliphatic rings. The summed E-state index contributed by atoms with van der Waals surface area (Å²) in [7, 11) is 0. The third kappa shape index (κ3) is 5.61. The summed E-state index contributed by atoms with van der Waals surface area (Å²) >= 11 is 0. The number of nitriles is 1. The van der Waals surface area contributed by atoms with Crippen LogP contribution in [0.2, 0.25) is 0 Å². The van der Waals surface area contributed by atoms with Gasteiger partial charge in [0.05, 0.1) is 0 Å². The summed E-state index contributed by atoms with van der Waals surface area (Å²) in [6, 6.07) is 13.0. The highest BCUT2D eigenvalue weighted by Gasteiger charge is 2.13. The molecule has 0 saturated carbocycles. The summed E-state index contributed by atoms with van der Waals surface area (Å²) < 4.78 is 20.8. The van der Waals surface area contributed by atoms with E-state index >= 15 is 0 Å². The number of aromatic nitrogens is 2. The average Bonchev–Trinajstić information content (AvgIpc) is 3.05. The molecule has 3 aromatic rings. The van der Waals surface area contributed by atoms with Gasteiger partial charge in [0.25, 0.3) is 5.91 Å². The Kier molecular flexibility index (Phi) is 7.40. The van der Waals surface area contributed by atoms with Crippen LogP contribution in [0.5, 0.6) is 11.6 Å². The Bertz CT molecular complexity index is 1170. The lowest BCUT2D eigenvalue weighted by molar-refractivity contribution is -0.117. The molecular weight excluding hydrogens is 407 g/mol. The van der Waals surface area contributed by atoms with Crippen LogP contribution in [0.4, 0.5) is 4.39 Å². The molecule has 0 spiro atoms. The second-order valence-electron chi connectivity index (χ2n) is 7.39. The summed E-state index contributed by atoms with van der Waals surface area (Å²) in [5.41, 5.74) is 3.78. The number of hydrogen-bond acceptors (Lipinski definition) is 4. The van der Waals surface area contributed by atoms with E-state index in [1.54, 1.807) is 24.4 Å². The Morgan fingerprint density at radius 3 is 2.69 bits per heavy atom. The molecule has 0 atom stereocenters. The van der Waals surface area contributed by atoms with Crippen molar-refractivity contribution < 1.29 is 13.9 Å². The van der Waals surface area contributed by atoms with E-state index in [1.807, 2.05) is 26.0 Å². The van der Waals surface area contributed by atoms with Crippen molar-refractivity contribution in [2.45, 2.75) is 40.3 Å². The van der Waals surface area contributed by atoms with Crippen molar-refractivity contribution in [3.05, 3.63) is 82.6 Å². The lowest BCUT2D eigenvalue weighted by atomic mass is 10.1. The van der Waals surface area contributed by atoms with Crippen LogP contribution in [0.1, 0.15) is 35.9 Å². The molecule has 0 fully saturated rings. The molecule has 0 bridgehead atoms. The van der Waals surface area contributed by atoms with Crippen molar-refractivity contribution in [3.63, 3.8) is 0 Å². The number of pyridine rings is 1. The molecule has 0 aliphatic carbocycles. The lowest BCUT2D eigenvalue weighted by Crippen LogP contribution is -2.24. The first-order valence-electron chi connectivity index (χ1n) is 10.4. The van der Waals surface area contributed by atoms with Crippen molar-refractivity contribution in [2.75, 3.05) is 0 Å². The van der Waals surface area contributed by atoms with Gasteiger partial charge >= 0.3 is 0 Å². The van der Waals surface area contributed by atoms with E-state index in [-0.39, 0.29) is 17.9 Å². The van der Waals surface area contributed by atoms with Crippen LogP contribution in [0.15, 0.2) is 54.2 Å². The second kappa shape index (κ2) is 10.4. The van der Waals surface area contributed by atoms with Crippen LogP contribution < -0.4 is 10.1 Å². The molecule has 2 aromatic heterocycles. The van der Waals surface area contributed by atoms with E-state index in [2.05, 4.69) is 21.8 Å². The van der Waals surface area contributed by atoms with Crippen molar-refractivity contribution in [2.24, 2.45) is 0 Å². The number of aryl methyl sites for hydroxylation is 1. The first-order valence-corrected chi connectivity index (χ1v) is 10.4. The van der Waals surface area contributed by atoms with Crippen LogP contribution in [-0.2, 0) is 17.9 Å². The van der Waals surface area contributed by atoms with Gasteiger partial charge in [0.15, 0.2) is 0 Å². The molecule has 7 heteroatoms. The van der Waals surface area contributed by atoms with E-state index in [0.29, 0.717) is 11.6 Å². The summed E-state index contributed by atoms with van der Waals surface area (Å²) in [6.45, 7) is 7.21. The fourth-order valence-electron chi connectivity index (χ4n) is 3.36. The third-order valence-electron chi connectivity index (χ3n) is 5.01. The van der Waals surface area contributed by atoms with E-state index in [0.717, 1.165) is 35.5 Å². The van der Waals surface area contributed by atoms with E-state index in [1.165, 1.54) is 24.3 Å². The number of nitrogens with zero attached hydrogens (tertiary/aromatic N) is 3. The van der Waals surface area contributed by atoms with Gasteiger partial charge in [-0.3, -0.25) is 4.79 Å². The minimum atomic E-state index is -0.453. The predicted octanol–water partition coefficient (Wildman–Crippen LogP) is 5.06. The van der Waals surface area contributed by atoms with E-state index in [9.17, 15) is 14.4 Å². The van der Waals surface area contributed by atoms with Gasteiger partial charge in [-0.2, -0.15) is 5.26 Å². The number of rotatable bonds is 8. The Morgan fingerprint density at radius 1 is 1.25 bits per heavy atom. The fraction of sp³-hybridized carbons (Fsp3) is 0.240. The van der Waals surface area contributed by atoms with E-state index in [4.69, 9.17) is 4.74 Å². The zero-order valence-electron chi connectivity index (χ0n) is 18.4. The maximum absolute atomic E-state index is 13.0. The molecule has 1 aromatic carbocycles. The molecule has 32 heavy (non-hydrogen) atoms. The number of ether oxygens (including phenoxy) is 1. The van der Waals surface area contributed by atoms with E-state index < -0.39 is 5.91 Å². The third-order valence-corrected chi connectivity index (χ3v) is 5.01. The van der Waals surface area contributed by atoms with Crippen LogP contribution in [0, 0.1) is 31.0 Å².